The monoisotopic (exact) mass is 479 g/mol. The van der Waals surface area contributed by atoms with Gasteiger partial charge in [-0.25, -0.2) is 4.39 Å². The Morgan fingerprint density at radius 2 is 1.50 bits per heavy atom. The first-order valence-electron chi connectivity index (χ1n) is 11.4. The van der Waals surface area contributed by atoms with Crippen molar-refractivity contribution in [3.05, 3.63) is 131 Å². The van der Waals surface area contributed by atoms with Crippen molar-refractivity contribution >= 4 is 23.1 Å². The Kier molecular flexibility index (Phi) is 6.09. The summed E-state index contributed by atoms with van der Waals surface area (Å²) in [6, 6.07) is 27.6. The molecule has 1 atom stereocenters. The number of anilines is 1. The van der Waals surface area contributed by atoms with Crippen LogP contribution in [0.1, 0.15) is 22.7 Å². The molecule has 4 aromatic rings. The molecular weight excluding hydrogens is 457 g/mol. The maximum Gasteiger partial charge on any atom is 0.300 e. The highest BCUT2D eigenvalue weighted by atomic mass is 19.1. The van der Waals surface area contributed by atoms with E-state index >= 15 is 0 Å². The fourth-order valence-electron chi connectivity index (χ4n) is 4.26. The van der Waals surface area contributed by atoms with Crippen molar-refractivity contribution in [3.8, 4) is 11.5 Å². The maximum absolute atomic E-state index is 13.7. The van der Waals surface area contributed by atoms with E-state index in [2.05, 4.69) is 0 Å². The summed E-state index contributed by atoms with van der Waals surface area (Å²) in [5.41, 5.74) is 2.24. The summed E-state index contributed by atoms with van der Waals surface area (Å²) in [5, 5.41) is 11.2. The second kappa shape index (κ2) is 9.50. The molecule has 0 saturated carbocycles. The summed E-state index contributed by atoms with van der Waals surface area (Å²) in [7, 11) is 0. The molecule has 1 heterocycles. The van der Waals surface area contributed by atoms with Crippen LogP contribution >= 0.6 is 0 Å². The van der Waals surface area contributed by atoms with E-state index in [9.17, 15) is 19.1 Å². The Bertz CT molecular complexity index is 1460. The number of carbonyl (C=O) groups is 2. The van der Waals surface area contributed by atoms with Crippen molar-refractivity contribution in [2.24, 2.45) is 0 Å². The molecule has 1 fully saturated rings. The van der Waals surface area contributed by atoms with Gasteiger partial charge in [0, 0.05) is 11.3 Å². The zero-order valence-corrected chi connectivity index (χ0v) is 19.4. The van der Waals surface area contributed by atoms with E-state index in [1.807, 2.05) is 49.4 Å². The SMILES string of the molecule is Cc1ccc(/C(O)=C2/C(=O)C(=O)N(c3ccc(F)cc3)C2c2cccc(Oc3ccccc3)c2)cc1. The molecule has 0 radical (unpaired) electrons. The lowest BCUT2D eigenvalue weighted by molar-refractivity contribution is -0.132. The maximum atomic E-state index is 13.7. The number of amides is 1. The number of benzene rings is 4. The number of carbonyl (C=O) groups excluding carboxylic acids is 2. The van der Waals surface area contributed by atoms with Gasteiger partial charge >= 0.3 is 0 Å². The topological polar surface area (TPSA) is 66.8 Å². The van der Waals surface area contributed by atoms with Crippen molar-refractivity contribution in [1.29, 1.82) is 0 Å². The van der Waals surface area contributed by atoms with E-state index in [4.69, 9.17) is 4.74 Å². The fraction of sp³-hybridized carbons (Fsp3) is 0.0667. The van der Waals surface area contributed by atoms with Gasteiger partial charge in [-0.2, -0.15) is 0 Å². The van der Waals surface area contributed by atoms with Crippen LogP contribution in [-0.4, -0.2) is 16.8 Å². The van der Waals surface area contributed by atoms with Crippen LogP contribution in [0.25, 0.3) is 5.76 Å². The number of hydrogen-bond donors (Lipinski definition) is 1. The number of Topliss-reactive ketones (excluding diaryl/α,β-unsaturated/α-hetero) is 1. The van der Waals surface area contributed by atoms with Gasteiger partial charge in [0.1, 0.15) is 23.1 Å². The van der Waals surface area contributed by atoms with Crippen molar-refractivity contribution in [1.82, 2.24) is 0 Å². The largest absolute Gasteiger partial charge is 0.507 e. The zero-order valence-electron chi connectivity index (χ0n) is 19.4. The summed E-state index contributed by atoms with van der Waals surface area (Å²) in [5.74, 6) is -1.26. The quantitative estimate of drug-likeness (QED) is 0.200. The average Bonchev–Trinajstić information content (AvgIpc) is 3.16. The number of halogens is 1. The molecule has 1 aliphatic rings. The van der Waals surface area contributed by atoms with Crippen molar-refractivity contribution in [3.63, 3.8) is 0 Å². The number of rotatable bonds is 5. The van der Waals surface area contributed by atoms with Gasteiger partial charge in [0.15, 0.2) is 0 Å². The van der Waals surface area contributed by atoms with E-state index in [1.165, 1.54) is 29.2 Å². The van der Waals surface area contributed by atoms with Crippen LogP contribution in [0, 0.1) is 12.7 Å². The van der Waals surface area contributed by atoms with Gasteiger partial charge in [-0.1, -0.05) is 60.2 Å². The van der Waals surface area contributed by atoms with Crippen molar-refractivity contribution in [2.45, 2.75) is 13.0 Å². The number of ketones is 1. The Hall–Kier alpha value is -4.71. The van der Waals surface area contributed by atoms with E-state index in [-0.39, 0.29) is 11.3 Å². The van der Waals surface area contributed by atoms with Gasteiger partial charge in [0.05, 0.1) is 11.6 Å². The van der Waals surface area contributed by atoms with Crippen LogP contribution in [-0.2, 0) is 9.59 Å². The average molecular weight is 480 g/mol. The van der Waals surface area contributed by atoms with Gasteiger partial charge in [0.2, 0.25) is 0 Å². The number of ether oxygens (including phenoxy) is 1. The fourth-order valence-corrected chi connectivity index (χ4v) is 4.26. The van der Waals surface area contributed by atoms with Gasteiger partial charge in [-0.3, -0.25) is 14.5 Å². The predicted octanol–water partition coefficient (Wildman–Crippen LogP) is 6.55. The van der Waals surface area contributed by atoms with Gasteiger partial charge < -0.3 is 9.84 Å². The second-order valence-electron chi connectivity index (χ2n) is 8.50. The number of para-hydroxylation sites is 1. The van der Waals surface area contributed by atoms with Crippen LogP contribution < -0.4 is 9.64 Å². The van der Waals surface area contributed by atoms with Crippen molar-refractivity contribution < 1.29 is 23.8 Å². The van der Waals surface area contributed by atoms with E-state index < -0.39 is 23.5 Å². The molecule has 0 aromatic heterocycles. The van der Waals surface area contributed by atoms with Gasteiger partial charge in [0.25, 0.3) is 11.7 Å². The third-order valence-electron chi connectivity index (χ3n) is 6.03. The Balaban J connectivity index is 1.66. The lowest BCUT2D eigenvalue weighted by Gasteiger charge is -2.25. The van der Waals surface area contributed by atoms with E-state index in [0.717, 1.165) is 5.56 Å². The first-order valence-corrected chi connectivity index (χ1v) is 11.4. The third kappa shape index (κ3) is 4.36. The van der Waals surface area contributed by atoms with Gasteiger partial charge in [-0.05, 0) is 61.0 Å². The normalized spacial score (nSPS) is 16.8. The second-order valence-corrected chi connectivity index (χ2v) is 8.50. The first-order chi connectivity index (χ1) is 17.4. The summed E-state index contributed by atoms with van der Waals surface area (Å²) in [6.45, 7) is 1.91. The minimum atomic E-state index is -0.948. The van der Waals surface area contributed by atoms with Crippen LogP contribution in [0.15, 0.2) is 109 Å². The van der Waals surface area contributed by atoms with Crippen LogP contribution in [0.4, 0.5) is 10.1 Å². The highest BCUT2D eigenvalue weighted by molar-refractivity contribution is 6.51. The molecule has 1 amide bonds. The molecule has 6 heteroatoms. The highest BCUT2D eigenvalue weighted by Crippen LogP contribution is 2.43. The number of hydrogen-bond acceptors (Lipinski definition) is 4. The molecule has 178 valence electrons. The van der Waals surface area contributed by atoms with Crippen LogP contribution in [0.5, 0.6) is 11.5 Å². The van der Waals surface area contributed by atoms with E-state index in [1.54, 1.807) is 36.4 Å². The standard InChI is InChI=1S/C30H22FNO4/c1-19-10-12-20(13-11-19)28(33)26-27(32(30(35)29(26)34)23-16-14-22(31)15-17-23)21-6-5-9-25(18-21)36-24-7-3-2-4-8-24/h2-18,27,33H,1H3/b28-26-. The smallest absolute Gasteiger partial charge is 0.300 e. The molecule has 0 bridgehead atoms. The lowest BCUT2D eigenvalue weighted by Crippen LogP contribution is -2.29. The minimum Gasteiger partial charge on any atom is -0.507 e. The van der Waals surface area contributed by atoms with Crippen LogP contribution in [0.2, 0.25) is 0 Å². The Labute approximate surface area is 207 Å². The van der Waals surface area contributed by atoms with Crippen molar-refractivity contribution in [2.75, 3.05) is 4.90 Å². The number of nitrogens with zero attached hydrogens (tertiary/aromatic N) is 1. The van der Waals surface area contributed by atoms with Gasteiger partial charge in [-0.15, -0.1) is 0 Å². The molecule has 0 aliphatic carbocycles. The molecule has 36 heavy (non-hydrogen) atoms. The molecule has 1 aliphatic heterocycles. The highest BCUT2D eigenvalue weighted by Gasteiger charge is 2.47. The van der Waals surface area contributed by atoms with E-state index in [0.29, 0.717) is 28.3 Å². The minimum absolute atomic E-state index is 0.0509. The summed E-state index contributed by atoms with van der Waals surface area (Å²) < 4.78 is 19.6. The summed E-state index contributed by atoms with van der Waals surface area (Å²) >= 11 is 0. The molecule has 5 rings (SSSR count). The molecular formula is C30H22FNO4. The third-order valence-corrected chi connectivity index (χ3v) is 6.03. The molecule has 1 saturated heterocycles. The molecule has 1 N–H and O–H groups in total. The number of aryl methyl sites for hydroxylation is 1. The molecule has 4 aromatic carbocycles. The number of aliphatic hydroxyl groups excluding tert-OH is 1. The lowest BCUT2D eigenvalue weighted by atomic mass is 9.94. The molecule has 5 nitrogen and oxygen atoms in total. The van der Waals surface area contributed by atoms with Crippen LogP contribution in [0.3, 0.4) is 0 Å². The Morgan fingerprint density at radius 1 is 0.833 bits per heavy atom. The molecule has 0 spiro atoms. The summed E-state index contributed by atoms with van der Waals surface area (Å²) in [4.78, 5) is 27.8. The number of aliphatic hydroxyl groups is 1. The first kappa shape index (κ1) is 23.1. The molecule has 1 unspecified atom stereocenters. The zero-order chi connectivity index (χ0) is 25.2. The predicted molar refractivity (Wildman–Crippen MR) is 135 cm³/mol. The Morgan fingerprint density at radius 3 is 2.19 bits per heavy atom. The summed E-state index contributed by atoms with van der Waals surface area (Å²) in [6.07, 6.45) is 0.